The number of rotatable bonds is 3. The predicted octanol–water partition coefficient (Wildman–Crippen LogP) is 5.05. The first-order valence-electron chi connectivity index (χ1n) is 7.71. The van der Waals surface area contributed by atoms with Crippen molar-refractivity contribution >= 4 is 23.1 Å². The molecule has 0 radical (unpaired) electrons. The number of nitrogens with one attached hydrogen (secondary N) is 1. The lowest BCUT2D eigenvalue weighted by Gasteiger charge is -2.41. The van der Waals surface area contributed by atoms with Gasteiger partial charge < -0.3 is 5.32 Å². The fraction of sp³-hybridized carbons (Fsp3) is 0.316. The molecule has 2 nitrogen and oxygen atoms in total. The van der Waals surface area contributed by atoms with Crippen molar-refractivity contribution in [2.24, 2.45) is 0 Å². The van der Waals surface area contributed by atoms with Gasteiger partial charge in [-0.2, -0.15) is 0 Å². The molecule has 1 saturated carbocycles. The lowest BCUT2D eigenvalue weighted by Crippen LogP contribution is -2.51. The molecule has 1 fully saturated rings. The highest BCUT2D eigenvalue weighted by Crippen LogP contribution is 2.41. The molecule has 3 rings (SSSR count). The summed E-state index contributed by atoms with van der Waals surface area (Å²) < 4.78 is 0. The quantitative estimate of drug-likeness (QED) is 0.859. The molecule has 0 spiro atoms. The Labute approximate surface area is 136 Å². The zero-order valence-electron chi connectivity index (χ0n) is 12.7. The third kappa shape index (κ3) is 2.89. The van der Waals surface area contributed by atoms with Crippen molar-refractivity contribution in [3.05, 3.63) is 65.2 Å². The van der Waals surface area contributed by atoms with Crippen molar-refractivity contribution in [3.8, 4) is 0 Å². The molecule has 1 N–H and O–H groups in total. The number of carbonyl (C=O) groups excluding carboxylic acids is 1. The number of hydrogen-bond acceptors (Lipinski definition) is 2. The summed E-state index contributed by atoms with van der Waals surface area (Å²) in [6.07, 6.45) is 2.59. The van der Waals surface area contributed by atoms with Gasteiger partial charge in [-0.1, -0.05) is 41.9 Å². The Kier molecular flexibility index (Phi) is 4.21. The lowest BCUT2D eigenvalue weighted by molar-refractivity contribution is -0.125. The molecule has 2 unspecified atom stereocenters. The number of anilines is 1. The van der Waals surface area contributed by atoms with Gasteiger partial charge in [0, 0.05) is 23.0 Å². The van der Waals surface area contributed by atoms with Gasteiger partial charge in [0.1, 0.15) is 5.54 Å². The van der Waals surface area contributed by atoms with Crippen LogP contribution in [-0.2, 0) is 4.79 Å². The van der Waals surface area contributed by atoms with Gasteiger partial charge in [-0.25, -0.2) is 0 Å². The molecule has 1 aliphatic carbocycles. The summed E-state index contributed by atoms with van der Waals surface area (Å²) in [7, 11) is 0. The minimum absolute atomic E-state index is 0.159. The minimum atomic E-state index is -0.576. The highest BCUT2D eigenvalue weighted by atomic mass is 35.5. The van der Waals surface area contributed by atoms with E-state index >= 15 is 0 Å². The molecule has 0 bridgehead atoms. The molecule has 1 aliphatic rings. The van der Waals surface area contributed by atoms with E-state index < -0.39 is 5.54 Å². The first-order chi connectivity index (χ1) is 10.6. The molecule has 114 valence electrons. The van der Waals surface area contributed by atoms with Crippen LogP contribution in [0.5, 0.6) is 0 Å². The van der Waals surface area contributed by atoms with E-state index in [0.717, 1.165) is 23.6 Å². The fourth-order valence-corrected chi connectivity index (χ4v) is 3.51. The average Bonchev–Trinajstić information content (AvgIpc) is 2.52. The van der Waals surface area contributed by atoms with Gasteiger partial charge in [-0.3, -0.25) is 4.79 Å². The molecule has 0 amide bonds. The van der Waals surface area contributed by atoms with Gasteiger partial charge in [0.25, 0.3) is 0 Å². The first-order valence-corrected chi connectivity index (χ1v) is 8.09. The van der Waals surface area contributed by atoms with E-state index in [2.05, 4.69) is 5.32 Å². The van der Waals surface area contributed by atoms with Gasteiger partial charge in [0.2, 0.25) is 0 Å². The van der Waals surface area contributed by atoms with Crippen LogP contribution in [0.1, 0.15) is 37.7 Å². The van der Waals surface area contributed by atoms with Gasteiger partial charge in [0.05, 0.1) is 0 Å². The van der Waals surface area contributed by atoms with Crippen LogP contribution in [0.15, 0.2) is 54.6 Å². The second kappa shape index (κ2) is 6.13. The Morgan fingerprint density at radius 3 is 2.45 bits per heavy atom. The van der Waals surface area contributed by atoms with E-state index in [4.69, 9.17) is 11.6 Å². The van der Waals surface area contributed by atoms with Crippen molar-refractivity contribution in [3.63, 3.8) is 0 Å². The van der Waals surface area contributed by atoms with E-state index in [1.807, 2.05) is 61.5 Å². The number of ketones is 1. The third-order valence-corrected chi connectivity index (χ3v) is 4.87. The second-order valence-corrected chi connectivity index (χ2v) is 6.55. The highest BCUT2D eigenvalue weighted by Gasteiger charge is 2.44. The molecule has 2 aromatic rings. The summed E-state index contributed by atoms with van der Waals surface area (Å²) in [6.45, 7) is 2.03. The number of hydrogen-bond donors (Lipinski definition) is 1. The molecule has 2 atom stereocenters. The minimum Gasteiger partial charge on any atom is -0.373 e. The Hall–Kier alpha value is -1.80. The maximum Gasteiger partial charge on any atom is 0.158 e. The van der Waals surface area contributed by atoms with Crippen molar-refractivity contribution < 1.29 is 4.79 Å². The molecule has 2 aromatic carbocycles. The first kappa shape index (κ1) is 15.1. The van der Waals surface area contributed by atoms with E-state index in [1.54, 1.807) is 0 Å². The maximum atomic E-state index is 12.7. The van der Waals surface area contributed by atoms with E-state index in [9.17, 15) is 4.79 Å². The van der Waals surface area contributed by atoms with Crippen LogP contribution in [0, 0.1) is 0 Å². The van der Waals surface area contributed by atoms with Crippen LogP contribution < -0.4 is 5.32 Å². The van der Waals surface area contributed by atoms with Gasteiger partial charge in [-0.05, 0) is 49.6 Å². The van der Waals surface area contributed by atoms with Gasteiger partial charge in [-0.15, -0.1) is 0 Å². The molecule has 22 heavy (non-hydrogen) atoms. The van der Waals surface area contributed by atoms with Crippen LogP contribution in [0.4, 0.5) is 5.69 Å². The number of Topliss-reactive ketones (excluding diaryl/α,β-unsaturated/α-hetero) is 1. The van der Waals surface area contributed by atoms with Crippen LogP contribution in [-0.4, -0.2) is 11.3 Å². The molecule has 0 heterocycles. The molecular formula is C19H20ClNO. The van der Waals surface area contributed by atoms with Crippen LogP contribution in [0.25, 0.3) is 0 Å². The largest absolute Gasteiger partial charge is 0.373 e. The standard InChI is InChI=1S/C19H20ClNO/c1-19(21-16-6-3-2-4-7-16)17(8-5-9-18(19)22)14-10-12-15(20)13-11-14/h2-4,6-7,10-13,17,21H,5,8-9H2,1H3. The van der Waals surface area contributed by atoms with Crippen LogP contribution >= 0.6 is 11.6 Å². The Morgan fingerprint density at radius 1 is 1.09 bits per heavy atom. The van der Waals surface area contributed by atoms with Crippen LogP contribution in [0.3, 0.4) is 0 Å². The number of para-hydroxylation sites is 1. The lowest BCUT2D eigenvalue weighted by atomic mass is 9.69. The van der Waals surface area contributed by atoms with Crippen molar-refractivity contribution in [2.45, 2.75) is 37.6 Å². The smallest absolute Gasteiger partial charge is 0.158 e. The topological polar surface area (TPSA) is 29.1 Å². The summed E-state index contributed by atoms with van der Waals surface area (Å²) in [5, 5.41) is 4.21. The summed E-state index contributed by atoms with van der Waals surface area (Å²) >= 11 is 6.00. The van der Waals surface area contributed by atoms with E-state index in [1.165, 1.54) is 5.56 Å². The average molecular weight is 314 g/mol. The third-order valence-electron chi connectivity index (χ3n) is 4.62. The predicted molar refractivity (Wildman–Crippen MR) is 91.5 cm³/mol. The Bertz CT molecular complexity index is 653. The molecule has 3 heteroatoms. The number of halogens is 1. The van der Waals surface area contributed by atoms with Crippen molar-refractivity contribution in [1.82, 2.24) is 0 Å². The summed E-state index contributed by atoms with van der Waals surface area (Å²) in [6, 6.07) is 17.8. The fourth-order valence-electron chi connectivity index (χ4n) is 3.38. The summed E-state index contributed by atoms with van der Waals surface area (Å²) in [4.78, 5) is 12.7. The van der Waals surface area contributed by atoms with E-state index in [0.29, 0.717) is 6.42 Å². The summed E-state index contributed by atoms with van der Waals surface area (Å²) in [5.74, 6) is 0.439. The summed E-state index contributed by atoms with van der Waals surface area (Å²) in [5.41, 5.74) is 1.58. The number of benzene rings is 2. The van der Waals surface area contributed by atoms with E-state index in [-0.39, 0.29) is 11.7 Å². The van der Waals surface area contributed by atoms with Crippen molar-refractivity contribution in [1.29, 1.82) is 0 Å². The molecule has 0 aromatic heterocycles. The normalized spacial score (nSPS) is 25.0. The van der Waals surface area contributed by atoms with Crippen LogP contribution in [0.2, 0.25) is 5.02 Å². The zero-order valence-corrected chi connectivity index (χ0v) is 13.4. The van der Waals surface area contributed by atoms with Gasteiger partial charge in [0.15, 0.2) is 5.78 Å². The van der Waals surface area contributed by atoms with Crippen molar-refractivity contribution in [2.75, 3.05) is 5.32 Å². The number of carbonyl (C=O) groups is 1. The SMILES string of the molecule is CC1(Nc2ccccc2)C(=O)CCCC1c1ccc(Cl)cc1. The Morgan fingerprint density at radius 2 is 1.77 bits per heavy atom. The maximum absolute atomic E-state index is 12.7. The zero-order chi connectivity index (χ0) is 15.6. The molecule has 0 aliphatic heterocycles. The Balaban J connectivity index is 1.95. The monoisotopic (exact) mass is 313 g/mol. The second-order valence-electron chi connectivity index (χ2n) is 6.11. The highest BCUT2D eigenvalue weighted by molar-refractivity contribution is 6.30. The molecular weight excluding hydrogens is 294 g/mol. The molecule has 0 saturated heterocycles. The van der Waals surface area contributed by atoms with Gasteiger partial charge >= 0.3 is 0 Å².